The molecule has 0 amide bonds. The zero-order chi connectivity index (χ0) is 10.7. The topological polar surface area (TPSA) is 117 Å². The van der Waals surface area contributed by atoms with Crippen molar-refractivity contribution in [2.75, 3.05) is 6.54 Å². The number of carbonyl (C=O) groups excluding carboxylic acids is 1. The highest BCUT2D eigenvalue weighted by Crippen LogP contribution is 1.85. The molecule has 84 valence electrons. The number of hydrogen-bond donors (Lipinski definition) is 4. The van der Waals surface area contributed by atoms with E-state index in [0.717, 1.165) is 12.8 Å². The van der Waals surface area contributed by atoms with Crippen molar-refractivity contribution in [3.63, 3.8) is 0 Å². The maximum Gasteiger partial charge on any atom is 0.195 e. The molecule has 0 saturated carbocycles. The Morgan fingerprint density at radius 1 is 1.50 bits per heavy atom. The van der Waals surface area contributed by atoms with Gasteiger partial charge in [0.15, 0.2) is 11.9 Å². The molecular formula is C7H18ClN5O. The summed E-state index contributed by atoms with van der Waals surface area (Å²) in [6.07, 6.45) is 2.08. The molecule has 0 atom stereocenters. The summed E-state index contributed by atoms with van der Waals surface area (Å²) in [7, 11) is 0. The predicted molar refractivity (Wildman–Crippen MR) is 60.8 cm³/mol. The second-order valence-electron chi connectivity index (χ2n) is 2.16. The Balaban J connectivity index is -0.000000376. The lowest BCUT2D eigenvalue weighted by Crippen LogP contribution is -2.40. The van der Waals surface area contributed by atoms with E-state index < -0.39 is 0 Å². The van der Waals surface area contributed by atoms with E-state index in [1.165, 1.54) is 0 Å². The number of rotatable bonds is 3. The van der Waals surface area contributed by atoms with E-state index in [1.807, 2.05) is 6.79 Å². The van der Waals surface area contributed by atoms with Crippen LogP contribution < -0.4 is 16.8 Å². The van der Waals surface area contributed by atoms with Crippen molar-refractivity contribution in [2.45, 2.75) is 19.8 Å². The van der Waals surface area contributed by atoms with E-state index in [9.17, 15) is 0 Å². The minimum absolute atomic E-state index is 0. The third kappa shape index (κ3) is 17.0. The van der Waals surface area contributed by atoms with Gasteiger partial charge in [-0.3, -0.25) is 15.7 Å². The molecule has 6 nitrogen and oxygen atoms in total. The fraction of sp³-hybridized carbons (Fsp3) is 0.571. The number of guanidine groups is 2. The highest BCUT2D eigenvalue weighted by atomic mass is 35.5. The number of nitrogens with zero attached hydrogens (tertiary/aromatic N) is 1. The highest BCUT2D eigenvalue weighted by Gasteiger charge is 1.90. The SMILES string of the molecule is C=O.CCCCN=C(N)NC(=N)N.Cl. The average Bonchev–Trinajstić information content (AvgIpc) is 2.07. The van der Waals surface area contributed by atoms with Crippen LogP contribution >= 0.6 is 12.4 Å². The van der Waals surface area contributed by atoms with Gasteiger partial charge in [0.05, 0.1) is 0 Å². The summed E-state index contributed by atoms with van der Waals surface area (Å²) < 4.78 is 0. The molecule has 0 spiro atoms. The van der Waals surface area contributed by atoms with Crippen LogP contribution in [0.1, 0.15) is 19.8 Å². The minimum atomic E-state index is -0.178. The van der Waals surface area contributed by atoms with Gasteiger partial charge in [0.2, 0.25) is 0 Å². The molecule has 7 heteroatoms. The van der Waals surface area contributed by atoms with Crippen LogP contribution in [0.15, 0.2) is 4.99 Å². The van der Waals surface area contributed by atoms with Crippen molar-refractivity contribution in [3.8, 4) is 0 Å². The first kappa shape index (κ1) is 18.5. The predicted octanol–water partition coefficient (Wildman–Crippen LogP) is -0.179. The van der Waals surface area contributed by atoms with Gasteiger partial charge >= 0.3 is 0 Å². The Hall–Kier alpha value is -1.30. The molecule has 6 N–H and O–H groups in total. The van der Waals surface area contributed by atoms with Crippen molar-refractivity contribution in [1.29, 1.82) is 5.41 Å². The van der Waals surface area contributed by atoms with Gasteiger partial charge in [-0.1, -0.05) is 13.3 Å². The van der Waals surface area contributed by atoms with Crippen LogP contribution in [0.25, 0.3) is 0 Å². The summed E-state index contributed by atoms with van der Waals surface area (Å²) in [6, 6.07) is 0. The van der Waals surface area contributed by atoms with Crippen LogP contribution in [0.3, 0.4) is 0 Å². The fourth-order valence-corrected chi connectivity index (χ4v) is 0.535. The second-order valence-corrected chi connectivity index (χ2v) is 2.16. The van der Waals surface area contributed by atoms with Crippen molar-refractivity contribution >= 4 is 31.1 Å². The number of aliphatic imine (C=N–C) groups is 1. The summed E-state index contributed by atoms with van der Waals surface area (Å²) >= 11 is 0. The van der Waals surface area contributed by atoms with Crippen molar-refractivity contribution in [2.24, 2.45) is 16.5 Å². The van der Waals surface area contributed by atoms with Crippen LogP contribution in [0.4, 0.5) is 0 Å². The van der Waals surface area contributed by atoms with Crippen LogP contribution in [-0.2, 0) is 4.79 Å². The standard InChI is InChI=1S/C6H15N5.CH2O.ClH/c1-2-3-4-10-6(9)11-5(7)8;1-2;/h2-4H2,1H3,(H6,7,8,9,10,11);1H2;1H. The number of carbonyl (C=O) groups is 1. The van der Waals surface area contributed by atoms with E-state index in [4.69, 9.17) is 21.7 Å². The van der Waals surface area contributed by atoms with Gasteiger partial charge in [0.25, 0.3) is 0 Å². The molecule has 14 heavy (non-hydrogen) atoms. The Bertz CT molecular complexity index is 173. The molecule has 0 radical (unpaired) electrons. The molecule has 0 bridgehead atoms. The molecule has 0 aromatic carbocycles. The summed E-state index contributed by atoms with van der Waals surface area (Å²) in [5.74, 6) is 0.0358. The third-order valence-corrected chi connectivity index (χ3v) is 1.06. The van der Waals surface area contributed by atoms with Gasteiger partial charge < -0.3 is 16.3 Å². The smallest absolute Gasteiger partial charge is 0.195 e. The first-order valence-corrected chi connectivity index (χ1v) is 3.86. The maximum atomic E-state index is 8.00. The fourth-order valence-electron chi connectivity index (χ4n) is 0.535. The van der Waals surface area contributed by atoms with E-state index in [-0.39, 0.29) is 24.3 Å². The molecule has 0 heterocycles. The van der Waals surface area contributed by atoms with Gasteiger partial charge in [-0.2, -0.15) is 0 Å². The summed E-state index contributed by atoms with van der Waals surface area (Å²) in [5.41, 5.74) is 10.3. The zero-order valence-electron chi connectivity index (χ0n) is 8.25. The number of hydrogen-bond acceptors (Lipinski definition) is 3. The number of nitrogens with one attached hydrogen (secondary N) is 2. The summed E-state index contributed by atoms with van der Waals surface area (Å²) in [6.45, 7) is 4.76. The van der Waals surface area contributed by atoms with Crippen LogP contribution in [0.2, 0.25) is 0 Å². The Morgan fingerprint density at radius 3 is 2.36 bits per heavy atom. The van der Waals surface area contributed by atoms with E-state index in [0.29, 0.717) is 6.54 Å². The van der Waals surface area contributed by atoms with E-state index in [2.05, 4.69) is 17.2 Å². The maximum absolute atomic E-state index is 8.00. The molecule has 0 aromatic heterocycles. The third-order valence-electron chi connectivity index (χ3n) is 1.06. The molecular weight excluding hydrogens is 206 g/mol. The summed E-state index contributed by atoms with van der Waals surface area (Å²) in [5, 5.41) is 9.20. The van der Waals surface area contributed by atoms with Crippen molar-refractivity contribution in [3.05, 3.63) is 0 Å². The summed E-state index contributed by atoms with van der Waals surface area (Å²) in [4.78, 5) is 11.9. The quantitative estimate of drug-likeness (QED) is 0.302. The lowest BCUT2D eigenvalue weighted by molar-refractivity contribution is -0.0979. The number of halogens is 1. The van der Waals surface area contributed by atoms with Gasteiger partial charge in [-0.25, -0.2) is 0 Å². The van der Waals surface area contributed by atoms with Gasteiger partial charge in [-0.15, -0.1) is 12.4 Å². The van der Waals surface area contributed by atoms with Gasteiger partial charge in [0, 0.05) is 6.54 Å². The first-order valence-electron chi connectivity index (χ1n) is 3.86. The largest absolute Gasteiger partial charge is 0.370 e. The lowest BCUT2D eigenvalue weighted by Gasteiger charge is -2.00. The molecule has 0 aliphatic heterocycles. The molecule has 0 unspecified atom stereocenters. The molecule has 0 aromatic rings. The first-order chi connectivity index (χ1) is 6.16. The van der Waals surface area contributed by atoms with E-state index in [1.54, 1.807) is 0 Å². The monoisotopic (exact) mass is 223 g/mol. The van der Waals surface area contributed by atoms with Crippen LogP contribution in [-0.4, -0.2) is 25.3 Å². The minimum Gasteiger partial charge on any atom is -0.370 e. The van der Waals surface area contributed by atoms with Crippen LogP contribution in [0, 0.1) is 5.41 Å². The van der Waals surface area contributed by atoms with Gasteiger partial charge in [0.1, 0.15) is 6.79 Å². The Morgan fingerprint density at radius 2 is 2.00 bits per heavy atom. The molecule has 0 aliphatic rings. The Labute approximate surface area is 90.1 Å². The normalized spacial score (nSPS) is 9.07. The van der Waals surface area contributed by atoms with Crippen molar-refractivity contribution < 1.29 is 4.79 Å². The second kappa shape index (κ2) is 14.2. The molecule has 0 rings (SSSR count). The van der Waals surface area contributed by atoms with Crippen LogP contribution in [0.5, 0.6) is 0 Å². The van der Waals surface area contributed by atoms with Gasteiger partial charge in [-0.05, 0) is 6.42 Å². The molecule has 0 aliphatic carbocycles. The molecule has 0 fully saturated rings. The Kier molecular flexibility index (Phi) is 18.8. The number of nitrogens with two attached hydrogens (primary N) is 2. The van der Waals surface area contributed by atoms with Crippen molar-refractivity contribution in [1.82, 2.24) is 5.32 Å². The van der Waals surface area contributed by atoms with E-state index >= 15 is 0 Å². The number of unbranched alkanes of at least 4 members (excludes halogenated alkanes) is 1. The zero-order valence-corrected chi connectivity index (χ0v) is 9.06. The average molecular weight is 224 g/mol. The molecule has 0 saturated heterocycles. The lowest BCUT2D eigenvalue weighted by atomic mass is 10.3. The highest BCUT2D eigenvalue weighted by molar-refractivity contribution is 5.95.